The van der Waals surface area contributed by atoms with Gasteiger partial charge < -0.3 is 9.47 Å². The molecule has 0 fully saturated rings. The average Bonchev–Trinajstić information content (AvgIpc) is 3.00. The number of aromatic amines is 2. The van der Waals surface area contributed by atoms with Gasteiger partial charge >= 0.3 is 0 Å². The van der Waals surface area contributed by atoms with E-state index in [-0.39, 0.29) is 0 Å². The molecule has 40 heavy (non-hydrogen) atoms. The lowest BCUT2D eigenvalue weighted by atomic mass is 10.1. The Balaban J connectivity index is 1.08. The topological polar surface area (TPSA) is 46.7 Å². The lowest BCUT2D eigenvalue weighted by Crippen LogP contribution is -2.06. The molecule has 0 aliphatic heterocycles. The minimum absolute atomic E-state index is 0.894. The number of hydrogen-bond acceptors (Lipinski definition) is 4. The van der Waals surface area contributed by atoms with Gasteiger partial charge in [0, 0.05) is 34.1 Å². The van der Waals surface area contributed by atoms with Crippen LogP contribution in [0.2, 0.25) is 0 Å². The second-order valence-corrected chi connectivity index (χ2v) is 12.1. The van der Waals surface area contributed by atoms with E-state index in [9.17, 15) is 0 Å². The van der Waals surface area contributed by atoms with Crippen LogP contribution in [0, 0.1) is 0 Å². The Morgan fingerprint density at radius 1 is 0.500 bits per heavy atom. The van der Waals surface area contributed by atoms with Crippen molar-refractivity contribution >= 4 is 67.1 Å². The normalized spacial score (nSPS) is 11.6. The molecule has 0 bridgehead atoms. The van der Waals surface area contributed by atoms with E-state index in [0.717, 1.165) is 34.0 Å². The Hall–Kier alpha value is -3.48. The van der Waals surface area contributed by atoms with Crippen LogP contribution in [-0.4, -0.2) is 25.7 Å². The number of para-hydroxylation sites is 2. The van der Waals surface area contributed by atoms with Crippen LogP contribution in [0.15, 0.2) is 94.7 Å². The fourth-order valence-corrected chi connectivity index (χ4v) is 7.69. The molecule has 0 aliphatic carbocycles. The molecule has 0 atom stereocenters. The molecule has 0 saturated heterocycles. The number of H-pyrrole nitrogens is 2. The van der Waals surface area contributed by atoms with Crippen LogP contribution < -0.4 is 19.4 Å². The van der Waals surface area contributed by atoms with Crippen LogP contribution in [0.3, 0.4) is 0 Å². The van der Waals surface area contributed by atoms with Crippen LogP contribution in [0.1, 0.15) is 25.7 Å². The van der Waals surface area contributed by atoms with Crippen molar-refractivity contribution in [2.24, 2.45) is 0 Å². The Labute approximate surface area is 243 Å². The molecule has 2 heterocycles. The maximum absolute atomic E-state index is 5.53. The number of ether oxygens (including phenoxy) is 2. The first kappa shape index (κ1) is 26.7. The summed E-state index contributed by atoms with van der Waals surface area (Å²) >= 11 is 3.94. The molecule has 4 nitrogen and oxygen atoms in total. The van der Waals surface area contributed by atoms with Crippen LogP contribution in [-0.2, 0) is 0 Å². The monoisotopic (exact) mass is 566 g/mol. The molecular formula is C34H34N2O2S2+2. The zero-order valence-electron chi connectivity index (χ0n) is 23.0. The van der Waals surface area contributed by atoms with Gasteiger partial charge in [-0.1, -0.05) is 37.1 Å². The number of methoxy groups -OCH3 is 2. The van der Waals surface area contributed by atoms with Crippen molar-refractivity contribution in [2.45, 2.75) is 35.5 Å². The highest BCUT2D eigenvalue weighted by atomic mass is 32.2. The van der Waals surface area contributed by atoms with Crippen molar-refractivity contribution in [2.75, 3.05) is 25.7 Å². The molecule has 0 radical (unpaired) electrons. The average molecular weight is 567 g/mol. The Morgan fingerprint density at radius 2 is 0.925 bits per heavy atom. The zero-order chi connectivity index (χ0) is 27.3. The number of aromatic nitrogens is 2. The van der Waals surface area contributed by atoms with Crippen molar-refractivity contribution in [1.82, 2.24) is 0 Å². The molecule has 6 rings (SSSR count). The van der Waals surface area contributed by atoms with Crippen LogP contribution in [0.25, 0.3) is 43.6 Å². The van der Waals surface area contributed by atoms with Crippen LogP contribution >= 0.6 is 23.5 Å². The molecule has 0 amide bonds. The van der Waals surface area contributed by atoms with E-state index >= 15 is 0 Å². The summed E-state index contributed by atoms with van der Waals surface area (Å²) < 4.78 is 11.1. The summed E-state index contributed by atoms with van der Waals surface area (Å²) in [5, 5.41) is 5.02. The van der Waals surface area contributed by atoms with Crippen LogP contribution in [0.4, 0.5) is 0 Å². The van der Waals surface area contributed by atoms with E-state index in [1.807, 2.05) is 35.7 Å². The lowest BCUT2D eigenvalue weighted by Gasteiger charge is -2.09. The minimum atomic E-state index is 0.894. The molecule has 202 valence electrons. The molecule has 0 aliphatic rings. The molecule has 2 N–H and O–H groups in total. The van der Waals surface area contributed by atoms with Gasteiger partial charge in [0.25, 0.3) is 0 Å². The summed E-state index contributed by atoms with van der Waals surface area (Å²) in [5.74, 6) is 4.00. The third-order valence-electron chi connectivity index (χ3n) is 7.36. The van der Waals surface area contributed by atoms with Gasteiger partial charge in [-0.05, 0) is 60.7 Å². The van der Waals surface area contributed by atoms with E-state index < -0.39 is 0 Å². The fraction of sp³-hybridized carbons (Fsp3) is 0.235. The fourth-order valence-electron chi connectivity index (χ4n) is 5.27. The highest BCUT2D eigenvalue weighted by Gasteiger charge is 2.16. The first-order chi connectivity index (χ1) is 19.7. The van der Waals surface area contributed by atoms with E-state index in [0.29, 0.717) is 0 Å². The highest BCUT2D eigenvalue weighted by Crippen LogP contribution is 2.36. The lowest BCUT2D eigenvalue weighted by molar-refractivity contribution is -0.311. The number of hydrogen-bond donors (Lipinski definition) is 0. The molecule has 6 aromatic rings. The highest BCUT2D eigenvalue weighted by molar-refractivity contribution is 8.00. The van der Waals surface area contributed by atoms with Crippen molar-refractivity contribution in [3.8, 4) is 11.5 Å². The van der Waals surface area contributed by atoms with E-state index in [2.05, 4.69) is 82.8 Å². The second-order valence-electron chi connectivity index (χ2n) is 9.93. The Bertz CT molecular complexity index is 1670. The van der Waals surface area contributed by atoms with Gasteiger partial charge in [0.1, 0.15) is 11.5 Å². The maximum atomic E-state index is 5.53. The number of nitrogens with one attached hydrogen (secondary N) is 2. The van der Waals surface area contributed by atoms with Crippen molar-refractivity contribution in [3.05, 3.63) is 84.9 Å². The molecule has 4 aromatic carbocycles. The van der Waals surface area contributed by atoms with Gasteiger partial charge in [-0.15, -0.1) is 23.5 Å². The van der Waals surface area contributed by atoms with Crippen molar-refractivity contribution in [3.63, 3.8) is 0 Å². The maximum Gasteiger partial charge on any atom is 0.212 e. The predicted molar refractivity (Wildman–Crippen MR) is 169 cm³/mol. The van der Waals surface area contributed by atoms with Crippen molar-refractivity contribution in [1.29, 1.82) is 0 Å². The minimum Gasteiger partial charge on any atom is -0.497 e. The standard InChI is InChI=1S/C34H32N2O2S2/c1-37-23-15-17-31-27(21-23)33(25-11-5-7-13-29(25)35-31)39-19-9-3-4-10-20-40-34-26-12-6-8-14-30(26)36-32-18-16-24(38-2)22-28(32)34/h5-8,11-18,21-22H,3-4,9-10,19-20H2,1-2H3/p+2. The molecule has 0 spiro atoms. The first-order valence-corrected chi connectivity index (χ1v) is 15.8. The molecule has 2 aromatic heterocycles. The summed E-state index contributed by atoms with van der Waals surface area (Å²) in [5.41, 5.74) is 4.65. The summed E-state index contributed by atoms with van der Waals surface area (Å²) in [6.45, 7) is 0. The summed E-state index contributed by atoms with van der Waals surface area (Å²) in [4.78, 5) is 9.86. The molecular weight excluding hydrogens is 533 g/mol. The quantitative estimate of drug-likeness (QED) is 0.0898. The molecule has 0 unspecified atom stereocenters. The molecule has 6 heteroatoms. The second kappa shape index (κ2) is 12.4. The number of benzene rings is 4. The predicted octanol–water partition coefficient (Wildman–Crippen LogP) is 8.39. The third kappa shape index (κ3) is 5.56. The number of pyridine rings is 2. The SMILES string of the molecule is COc1ccc2[nH+]c3ccccc3c(SCCCCCCSc3c4ccccc4[nH+]c4ccc(OC)cc34)c2c1. The van der Waals surface area contributed by atoms with Gasteiger partial charge in [0.05, 0.1) is 35.8 Å². The van der Waals surface area contributed by atoms with Gasteiger partial charge in [0.2, 0.25) is 22.1 Å². The van der Waals surface area contributed by atoms with E-state index in [4.69, 9.17) is 9.47 Å². The number of rotatable bonds is 11. The smallest absolute Gasteiger partial charge is 0.212 e. The zero-order valence-corrected chi connectivity index (χ0v) is 24.6. The summed E-state index contributed by atoms with van der Waals surface area (Å²) in [6.07, 6.45) is 4.89. The number of thioether (sulfide) groups is 2. The largest absolute Gasteiger partial charge is 0.497 e. The van der Waals surface area contributed by atoms with Gasteiger partial charge in [-0.3, -0.25) is 0 Å². The van der Waals surface area contributed by atoms with Gasteiger partial charge in [0.15, 0.2) is 0 Å². The molecule has 0 saturated carbocycles. The number of unbranched alkanes of at least 4 members (excludes halogenated alkanes) is 3. The van der Waals surface area contributed by atoms with Gasteiger partial charge in [-0.25, -0.2) is 9.97 Å². The van der Waals surface area contributed by atoms with Gasteiger partial charge in [-0.2, -0.15) is 0 Å². The Kier molecular flexibility index (Phi) is 8.26. The summed E-state index contributed by atoms with van der Waals surface area (Å²) in [7, 11) is 3.46. The number of fused-ring (bicyclic) bond motifs is 4. The van der Waals surface area contributed by atoms with Crippen molar-refractivity contribution < 1.29 is 19.4 Å². The summed E-state index contributed by atoms with van der Waals surface area (Å²) in [6, 6.07) is 29.8. The first-order valence-electron chi connectivity index (χ1n) is 13.8. The third-order valence-corrected chi connectivity index (χ3v) is 9.80. The Morgan fingerprint density at radius 3 is 1.38 bits per heavy atom. The van der Waals surface area contributed by atoms with E-state index in [1.54, 1.807) is 14.2 Å². The van der Waals surface area contributed by atoms with Crippen LogP contribution in [0.5, 0.6) is 11.5 Å². The van der Waals surface area contributed by atoms with E-state index in [1.165, 1.54) is 68.1 Å².